The Bertz CT molecular complexity index is 446. The molecule has 1 saturated carbocycles. The van der Waals surface area contributed by atoms with E-state index in [0.29, 0.717) is 18.4 Å². The second kappa shape index (κ2) is 5.34. The monoisotopic (exact) mass is 365 g/mol. The Hall–Kier alpha value is -0.630. The van der Waals surface area contributed by atoms with Crippen molar-refractivity contribution in [2.24, 2.45) is 5.92 Å². The number of hydrogen-bond acceptors (Lipinski definition) is 3. The average molecular weight is 365 g/mol. The van der Waals surface area contributed by atoms with Gasteiger partial charge in [0.15, 0.2) is 0 Å². The number of nitrogens with one attached hydrogen (secondary N) is 1. The fourth-order valence-corrected chi connectivity index (χ4v) is 3.36. The van der Waals surface area contributed by atoms with Crippen LogP contribution < -0.4 is 5.32 Å². The van der Waals surface area contributed by atoms with Crippen LogP contribution in [0.3, 0.4) is 0 Å². The third-order valence-corrected chi connectivity index (χ3v) is 4.74. The molecule has 0 aromatic carbocycles. The lowest BCUT2D eigenvalue weighted by Gasteiger charge is -2.11. The molecule has 6 heteroatoms. The molecule has 1 heterocycles. The highest BCUT2D eigenvalue weighted by molar-refractivity contribution is 14.1. The summed E-state index contributed by atoms with van der Waals surface area (Å²) in [4.78, 5) is 22.6. The Balaban J connectivity index is 1.90. The second-order valence-electron chi connectivity index (χ2n) is 4.16. The van der Waals surface area contributed by atoms with Crippen LogP contribution in [0.4, 0.5) is 0 Å². The lowest BCUT2D eigenvalue weighted by molar-refractivity contribution is -0.141. The van der Waals surface area contributed by atoms with Crippen molar-refractivity contribution in [2.45, 2.75) is 25.3 Å². The van der Waals surface area contributed by atoms with E-state index in [-0.39, 0.29) is 17.9 Å². The van der Waals surface area contributed by atoms with E-state index < -0.39 is 5.97 Å². The molecule has 0 saturated heterocycles. The van der Waals surface area contributed by atoms with Crippen LogP contribution >= 0.6 is 33.9 Å². The Morgan fingerprint density at radius 2 is 2.24 bits per heavy atom. The number of carbonyl (C=O) groups is 2. The first kappa shape index (κ1) is 12.8. The van der Waals surface area contributed by atoms with Crippen molar-refractivity contribution in [1.29, 1.82) is 0 Å². The van der Waals surface area contributed by atoms with Crippen molar-refractivity contribution in [2.75, 3.05) is 0 Å². The quantitative estimate of drug-likeness (QED) is 0.809. The number of aliphatic carboxylic acids is 1. The van der Waals surface area contributed by atoms with Crippen molar-refractivity contribution >= 4 is 45.8 Å². The summed E-state index contributed by atoms with van der Waals surface area (Å²) in [6, 6.07) is 1.84. The van der Waals surface area contributed by atoms with Crippen LogP contribution in [0.5, 0.6) is 0 Å². The van der Waals surface area contributed by atoms with Crippen molar-refractivity contribution in [3.05, 3.63) is 19.9 Å². The molecule has 0 unspecified atom stereocenters. The Morgan fingerprint density at radius 1 is 1.47 bits per heavy atom. The Kier molecular flexibility index (Phi) is 4.03. The van der Waals surface area contributed by atoms with Gasteiger partial charge in [0.2, 0.25) is 0 Å². The minimum absolute atomic E-state index is 0.00108. The fourth-order valence-electron chi connectivity index (χ4n) is 2.03. The lowest BCUT2D eigenvalue weighted by atomic mass is 10.1. The van der Waals surface area contributed by atoms with E-state index in [1.54, 1.807) is 0 Å². The van der Waals surface area contributed by atoms with Crippen LogP contribution in [0.25, 0.3) is 0 Å². The molecular formula is C11H12INO3S. The first-order chi connectivity index (χ1) is 8.06. The molecule has 2 rings (SSSR count). The zero-order valence-corrected chi connectivity index (χ0v) is 12.0. The lowest BCUT2D eigenvalue weighted by Crippen LogP contribution is -2.33. The number of carboxylic acid groups (broad SMARTS) is 1. The van der Waals surface area contributed by atoms with Crippen molar-refractivity contribution in [3.63, 3.8) is 0 Å². The minimum Gasteiger partial charge on any atom is -0.481 e. The summed E-state index contributed by atoms with van der Waals surface area (Å²) >= 11 is 3.70. The molecule has 1 aromatic rings. The van der Waals surface area contributed by atoms with Gasteiger partial charge in [0.05, 0.1) is 14.4 Å². The largest absolute Gasteiger partial charge is 0.481 e. The van der Waals surface area contributed by atoms with Crippen LogP contribution in [0, 0.1) is 8.80 Å². The van der Waals surface area contributed by atoms with Crippen LogP contribution in [0.15, 0.2) is 11.4 Å². The summed E-state index contributed by atoms with van der Waals surface area (Å²) in [5, 5.41) is 13.6. The highest BCUT2D eigenvalue weighted by Gasteiger charge is 2.30. The van der Waals surface area contributed by atoms with Crippen LogP contribution in [0.2, 0.25) is 0 Å². The van der Waals surface area contributed by atoms with Gasteiger partial charge in [0.1, 0.15) is 0 Å². The van der Waals surface area contributed by atoms with E-state index in [1.807, 2.05) is 11.4 Å². The maximum atomic E-state index is 11.8. The zero-order valence-electron chi connectivity index (χ0n) is 8.98. The summed E-state index contributed by atoms with van der Waals surface area (Å²) in [6.07, 6.45) is 1.95. The van der Waals surface area contributed by atoms with Gasteiger partial charge < -0.3 is 10.4 Å². The summed E-state index contributed by atoms with van der Waals surface area (Å²) in [6.45, 7) is 0. The topological polar surface area (TPSA) is 66.4 Å². The van der Waals surface area contributed by atoms with E-state index >= 15 is 0 Å². The van der Waals surface area contributed by atoms with Crippen molar-refractivity contribution < 1.29 is 14.7 Å². The van der Waals surface area contributed by atoms with Gasteiger partial charge >= 0.3 is 5.97 Å². The Morgan fingerprint density at radius 3 is 2.76 bits per heavy atom. The fraction of sp³-hybridized carbons (Fsp3) is 0.455. The molecule has 2 N–H and O–H groups in total. The number of amides is 1. The number of hydrogen-bond donors (Lipinski definition) is 2. The number of carboxylic acids is 1. The van der Waals surface area contributed by atoms with E-state index in [0.717, 1.165) is 9.30 Å². The molecule has 0 radical (unpaired) electrons. The molecule has 4 nitrogen and oxygen atoms in total. The maximum Gasteiger partial charge on any atom is 0.306 e. The standard InChI is InChI=1S/C11H12INO3S/c12-9-4-7(5-17-9)10(14)13-8-2-1-6(3-8)11(15)16/h4-6,8H,1-3H2,(H,13,14)(H,15,16)/t6-,8+/m0/s1. The molecule has 1 aliphatic carbocycles. The maximum absolute atomic E-state index is 11.8. The third-order valence-electron chi connectivity index (χ3n) is 2.95. The predicted octanol–water partition coefficient (Wildman–Crippen LogP) is 2.34. The first-order valence-corrected chi connectivity index (χ1v) is 7.30. The SMILES string of the molecule is O=C(N[C@@H]1CC[C@H](C(=O)O)C1)c1csc(I)c1. The predicted molar refractivity (Wildman–Crippen MR) is 73.3 cm³/mol. The number of thiophene rings is 1. The average Bonchev–Trinajstić information content (AvgIpc) is 2.86. The van der Waals surface area contributed by atoms with Gasteiger partial charge in [-0.2, -0.15) is 0 Å². The summed E-state index contributed by atoms with van der Waals surface area (Å²) < 4.78 is 1.07. The van der Waals surface area contributed by atoms with Gasteiger partial charge in [-0.05, 0) is 47.9 Å². The summed E-state index contributed by atoms with van der Waals surface area (Å²) in [5.41, 5.74) is 0.665. The number of halogens is 1. The van der Waals surface area contributed by atoms with Gasteiger partial charge in [-0.25, -0.2) is 0 Å². The molecule has 1 amide bonds. The second-order valence-corrected chi connectivity index (χ2v) is 6.96. The molecular weight excluding hydrogens is 353 g/mol. The van der Waals surface area contributed by atoms with Gasteiger partial charge in [0.25, 0.3) is 5.91 Å². The molecule has 1 aliphatic rings. The number of rotatable bonds is 3. The molecule has 1 aromatic heterocycles. The Labute approximate surface area is 117 Å². The molecule has 1 fully saturated rings. The van der Waals surface area contributed by atoms with Crippen molar-refractivity contribution in [1.82, 2.24) is 5.32 Å². The minimum atomic E-state index is -0.758. The molecule has 92 valence electrons. The van der Waals surface area contributed by atoms with E-state index in [2.05, 4.69) is 27.9 Å². The van der Waals surface area contributed by atoms with Crippen LogP contribution in [-0.4, -0.2) is 23.0 Å². The summed E-state index contributed by atoms with van der Waals surface area (Å²) in [5.74, 6) is -1.16. The zero-order chi connectivity index (χ0) is 12.4. The van der Waals surface area contributed by atoms with Gasteiger partial charge in [-0.3, -0.25) is 9.59 Å². The van der Waals surface area contributed by atoms with E-state index in [4.69, 9.17) is 5.11 Å². The van der Waals surface area contributed by atoms with Gasteiger partial charge in [-0.1, -0.05) is 0 Å². The van der Waals surface area contributed by atoms with Gasteiger partial charge in [-0.15, -0.1) is 11.3 Å². The molecule has 0 aliphatic heterocycles. The normalized spacial score (nSPS) is 23.6. The number of carbonyl (C=O) groups excluding carboxylic acids is 1. The highest BCUT2D eigenvalue weighted by Crippen LogP contribution is 2.26. The van der Waals surface area contributed by atoms with E-state index in [1.165, 1.54) is 11.3 Å². The smallest absolute Gasteiger partial charge is 0.306 e. The van der Waals surface area contributed by atoms with Crippen molar-refractivity contribution in [3.8, 4) is 0 Å². The van der Waals surface area contributed by atoms with Crippen LogP contribution in [0.1, 0.15) is 29.6 Å². The van der Waals surface area contributed by atoms with Crippen LogP contribution in [-0.2, 0) is 4.79 Å². The van der Waals surface area contributed by atoms with Gasteiger partial charge in [0, 0.05) is 11.4 Å². The highest BCUT2D eigenvalue weighted by atomic mass is 127. The summed E-state index contributed by atoms with van der Waals surface area (Å²) in [7, 11) is 0. The molecule has 2 atom stereocenters. The molecule has 17 heavy (non-hydrogen) atoms. The molecule has 0 bridgehead atoms. The molecule has 0 spiro atoms. The third kappa shape index (κ3) is 3.19. The first-order valence-electron chi connectivity index (χ1n) is 5.34. The van der Waals surface area contributed by atoms with E-state index in [9.17, 15) is 9.59 Å².